The lowest BCUT2D eigenvalue weighted by atomic mass is 10.1. The van der Waals surface area contributed by atoms with Crippen LogP contribution in [0.2, 0.25) is 0 Å². The van der Waals surface area contributed by atoms with E-state index in [-0.39, 0.29) is 24.2 Å². The number of likely N-dealkylation sites (tertiary alicyclic amines) is 1. The summed E-state index contributed by atoms with van der Waals surface area (Å²) in [6.45, 7) is 3.52. The number of esters is 1. The molecule has 1 aromatic rings. The molecule has 0 saturated carbocycles. The van der Waals surface area contributed by atoms with Gasteiger partial charge in [0.1, 0.15) is 0 Å². The molecule has 1 unspecified atom stereocenters. The molecule has 2 aliphatic rings. The summed E-state index contributed by atoms with van der Waals surface area (Å²) >= 11 is 0. The van der Waals surface area contributed by atoms with E-state index in [1.54, 1.807) is 4.90 Å². The van der Waals surface area contributed by atoms with Crippen LogP contribution in [-0.2, 0) is 20.9 Å². The Kier molecular flexibility index (Phi) is 4.43. The average molecular weight is 302 g/mol. The van der Waals surface area contributed by atoms with Gasteiger partial charge in [0, 0.05) is 25.2 Å². The van der Waals surface area contributed by atoms with E-state index in [1.165, 1.54) is 20.0 Å². The van der Waals surface area contributed by atoms with Crippen LogP contribution >= 0.6 is 0 Å². The average Bonchev–Trinajstić information content (AvgIpc) is 3.17. The molecule has 0 aromatic heterocycles. The van der Waals surface area contributed by atoms with Crippen molar-refractivity contribution in [3.63, 3.8) is 0 Å². The third-order valence-corrected chi connectivity index (χ3v) is 4.53. The first-order chi connectivity index (χ1) is 10.7. The van der Waals surface area contributed by atoms with Crippen molar-refractivity contribution in [3.8, 4) is 0 Å². The molecule has 1 amide bonds. The number of hydrogen-bond donors (Lipinski definition) is 0. The highest BCUT2D eigenvalue weighted by molar-refractivity contribution is 6.00. The fourth-order valence-electron chi connectivity index (χ4n) is 3.35. The van der Waals surface area contributed by atoms with Gasteiger partial charge in [-0.15, -0.1) is 0 Å². The summed E-state index contributed by atoms with van der Waals surface area (Å²) in [6.07, 6.45) is 2.73. The van der Waals surface area contributed by atoms with Gasteiger partial charge in [0.15, 0.2) is 0 Å². The van der Waals surface area contributed by atoms with Gasteiger partial charge in [-0.2, -0.15) is 0 Å². The number of carbonyl (C=O) groups is 2. The van der Waals surface area contributed by atoms with Gasteiger partial charge >= 0.3 is 5.97 Å². The zero-order chi connectivity index (χ0) is 15.5. The van der Waals surface area contributed by atoms with Crippen molar-refractivity contribution in [2.24, 2.45) is 5.92 Å². The lowest BCUT2D eigenvalue weighted by Gasteiger charge is -2.23. The predicted molar refractivity (Wildman–Crippen MR) is 83.4 cm³/mol. The molecule has 0 bridgehead atoms. The van der Waals surface area contributed by atoms with Crippen LogP contribution in [0.25, 0.3) is 0 Å². The van der Waals surface area contributed by atoms with Crippen LogP contribution in [-0.4, -0.2) is 43.5 Å². The van der Waals surface area contributed by atoms with E-state index in [0.717, 1.165) is 30.9 Å². The largest absolute Gasteiger partial charge is 0.469 e. The number of amides is 1. The van der Waals surface area contributed by atoms with Crippen LogP contribution in [0.1, 0.15) is 24.8 Å². The van der Waals surface area contributed by atoms with Gasteiger partial charge in [0.2, 0.25) is 5.91 Å². The zero-order valence-corrected chi connectivity index (χ0v) is 13.0. The Labute approximate surface area is 130 Å². The highest BCUT2D eigenvalue weighted by atomic mass is 16.5. The molecule has 2 saturated heterocycles. The second-order valence-corrected chi connectivity index (χ2v) is 6.04. The number of methoxy groups -OCH3 is 1. The van der Waals surface area contributed by atoms with Crippen LogP contribution in [0.3, 0.4) is 0 Å². The van der Waals surface area contributed by atoms with Crippen molar-refractivity contribution in [2.45, 2.75) is 25.8 Å². The molecule has 1 aromatic carbocycles. The molecule has 0 radical (unpaired) electrons. The van der Waals surface area contributed by atoms with Gasteiger partial charge in [0.05, 0.1) is 13.0 Å². The maximum absolute atomic E-state index is 12.3. The first-order valence-corrected chi connectivity index (χ1v) is 7.87. The van der Waals surface area contributed by atoms with Crippen LogP contribution in [0.4, 0.5) is 5.69 Å². The first kappa shape index (κ1) is 15.0. The summed E-state index contributed by atoms with van der Waals surface area (Å²) in [5.41, 5.74) is 2.09. The van der Waals surface area contributed by atoms with Crippen LogP contribution in [0.15, 0.2) is 24.3 Å². The fourth-order valence-corrected chi connectivity index (χ4v) is 3.35. The molecular weight excluding hydrogens is 280 g/mol. The maximum atomic E-state index is 12.3. The molecule has 3 rings (SSSR count). The number of nitrogens with zero attached hydrogens (tertiary/aromatic N) is 2. The minimum Gasteiger partial charge on any atom is -0.469 e. The quantitative estimate of drug-likeness (QED) is 0.796. The molecule has 5 nitrogen and oxygen atoms in total. The molecule has 22 heavy (non-hydrogen) atoms. The predicted octanol–water partition coefficient (Wildman–Crippen LogP) is 1.81. The Bertz CT molecular complexity index is 567. The van der Waals surface area contributed by atoms with Crippen molar-refractivity contribution in [3.05, 3.63) is 29.8 Å². The Morgan fingerprint density at radius 1 is 1.27 bits per heavy atom. The Balaban J connectivity index is 1.79. The minimum atomic E-state index is -0.350. The summed E-state index contributed by atoms with van der Waals surface area (Å²) in [7, 11) is 1.37. The van der Waals surface area contributed by atoms with E-state index in [2.05, 4.69) is 11.0 Å². The number of anilines is 1. The van der Waals surface area contributed by atoms with Crippen LogP contribution in [0.5, 0.6) is 0 Å². The smallest absolute Gasteiger partial charge is 0.311 e. The third-order valence-electron chi connectivity index (χ3n) is 4.53. The molecule has 1 atom stereocenters. The third kappa shape index (κ3) is 2.99. The standard InChI is InChI=1S/C17H22N2O3/c1-22-17(21)14-10-16(20)19(12-14)15-7-3-2-6-13(15)11-18-8-4-5-9-18/h2-3,6-7,14H,4-5,8-12H2,1H3. The SMILES string of the molecule is COC(=O)C1CC(=O)N(c2ccccc2CN2CCCC2)C1. The van der Waals surface area contributed by atoms with Gasteiger partial charge in [-0.1, -0.05) is 18.2 Å². The van der Waals surface area contributed by atoms with Gasteiger partial charge in [-0.3, -0.25) is 14.5 Å². The van der Waals surface area contributed by atoms with Crippen LogP contribution < -0.4 is 4.90 Å². The summed E-state index contributed by atoms with van der Waals surface area (Å²) in [5, 5.41) is 0. The van der Waals surface area contributed by atoms with E-state index in [1.807, 2.05) is 18.2 Å². The number of benzene rings is 1. The lowest BCUT2D eigenvalue weighted by Crippen LogP contribution is -2.28. The molecule has 2 fully saturated rings. The Morgan fingerprint density at radius 3 is 2.73 bits per heavy atom. The van der Waals surface area contributed by atoms with Crippen molar-refractivity contribution < 1.29 is 14.3 Å². The summed E-state index contributed by atoms with van der Waals surface area (Å²) in [4.78, 5) is 28.1. The molecule has 0 N–H and O–H groups in total. The molecule has 2 heterocycles. The molecular formula is C17H22N2O3. The number of hydrogen-bond acceptors (Lipinski definition) is 4. The first-order valence-electron chi connectivity index (χ1n) is 7.87. The molecule has 0 aliphatic carbocycles. The second kappa shape index (κ2) is 6.48. The van der Waals surface area contributed by atoms with E-state index in [4.69, 9.17) is 4.74 Å². The maximum Gasteiger partial charge on any atom is 0.311 e. The number of rotatable bonds is 4. The minimum absolute atomic E-state index is 0.00396. The van der Waals surface area contributed by atoms with E-state index in [0.29, 0.717) is 6.54 Å². The van der Waals surface area contributed by atoms with Gasteiger partial charge in [0.25, 0.3) is 0 Å². The fraction of sp³-hybridized carbons (Fsp3) is 0.529. The molecule has 2 aliphatic heterocycles. The van der Waals surface area contributed by atoms with Gasteiger partial charge < -0.3 is 9.64 Å². The van der Waals surface area contributed by atoms with Crippen molar-refractivity contribution in [2.75, 3.05) is 31.6 Å². The number of carbonyl (C=O) groups excluding carboxylic acids is 2. The summed E-state index contributed by atoms with van der Waals surface area (Å²) < 4.78 is 4.78. The van der Waals surface area contributed by atoms with Gasteiger partial charge in [-0.05, 0) is 37.6 Å². The topological polar surface area (TPSA) is 49.9 Å². The van der Waals surface area contributed by atoms with Gasteiger partial charge in [-0.25, -0.2) is 0 Å². The molecule has 0 spiro atoms. The van der Waals surface area contributed by atoms with E-state index in [9.17, 15) is 9.59 Å². The van der Waals surface area contributed by atoms with Crippen LogP contribution in [0, 0.1) is 5.92 Å². The second-order valence-electron chi connectivity index (χ2n) is 6.04. The molecule has 118 valence electrons. The Hall–Kier alpha value is -1.88. The zero-order valence-electron chi connectivity index (χ0n) is 13.0. The highest BCUT2D eigenvalue weighted by Crippen LogP contribution is 2.30. The number of ether oxygens (including phenoxy) is 1. The Morgan fingerprint density at radius 2 is 2.00 bits per heavy atom. The van der Waals surface area contributed by atoms with Crippen molar-refractivity contribution in [1.82, 2.24) is 4.90 Å². The monoisotopic (exact) mass is 302 g/mol. The normalized spacial score (nSPS) is 22.3. The van der Waals surface area contributed by atoms with Crippen molar-refractivity contribution in [1.29, 1.82) is 0 Å². The summed E-state index contributed by atoms with van der Waals surface area (Å²) in [5.74, 6) is -0.644. The van der Waals surface area contributed by atoms with Crippen molar-refractivity contribution >= 4 is 17.6 Å². The van der Waals surface area contributed by atoms with E-state index < -0.39 is 0 Å². The highest BCUT2D eigenvalue weighted by Gasteiger charge is 2.36. The van der Waals surface area contributed by atoms with E-state index >= 15 is 0 Å². The lowest BCUT2D eigenvalue weighted by molar-refractivity contribution is -0.145. The molecule has 5 heteroatoms. The number of para-hydroxylation sites is 1. The summed E-state index contributed by atoms with van der Waals surface area (Å²) in [6, 6.07) is 8.00.